The molecule has 2 aromatic rings. The molecule has 0 fully saturated rings. The van der Waals surface area contributed by atoms with Crippen LogP contribution in [0.25, 0.3) is 11.1 Å². The van der Waals surface area contributed by atoms with Gasteiger partial charge >= 0.3 is 0 Å². The third kappa shape index (κ3) is 2.17. The summed E-state index contributed by atoms with van der Waals surface area (Å²) in [6, 6.07) is 12.9. The van der Waals surface area contributed by atoms with E-state index in [1.807, 2.05) is 37.3 Å². The summed E-state index contributed by atoms with van der Waals surface area (Å²) in [6.07, 6.45) is 0. The van der Waals surface area contributed by atoms with Crippen LogP contribution in [0.1, 0.15) is 15.9 Å². The number of aryl methyl sites for hydroxylation is 1. The minimum absolute atomic E-state index is 0.441. The molecule has 0 saturated heterocycles. The Kier molecular flexibility index (Phi) is 3.16. The number of carbonyl (C=O) groups is 1. The van der Waals surface area contributed by atoms with Gasteiger partial charge in [-0.2, -0.15) is 0 Å². The molecule has 0 unspecified atom stereocenters. The van der Waals surface area contributed by atoms with Crippen molar-refractivity contribution in [1.82, 2.24) is 0 Å². The van der Waals surface area contributed by atoms with Gasteiger partial charge in [0.1, 0.15) is 0 Å². The van der Waals surface area contributed by atoms with Crippen molar-refractivity contribution in [2.45, 2.75) is 6.92 Å². The molecule has 1 amide bonds. The van der Waals surface area contributed by atoms with Crippen LogP contribution in [-0.2, 0) is 0 Å². The molecule has 2 aromatic carbocycles. The second-order valence-electron chi connectivity index (χ2n) is 3.84. The Balaban J connectivity index is 2.75. The van der Waals surface area contributed by atoms with E-state index >= 15 is 0 Å². The molecule has 0 spiro atoms. The zero-order chi connectivity index (χ0) is 12.4. The Labute approximate surface area is 105 Å². The third-order valence-corrected chi connectivity index (χ3v) is 3.01. The highest BCUT2D eigenvalue weighted by atomic mass is 35.5. The summed E-state index contributed by atoms with van der Waals surface area (Å²) in [6.45, 7) is 1.94. The fourth-order valence-electron chi connectivity index (χ4n) is 1.89. The molecule has 0 saturated carbocycles. The van der Waals surface area contributed by atoms with Gasteiger partial charge in [-0.1, -0.05) is 41.9 Å². The SMILES string of the molecule is Cc1cccc(C(N)=O)c1-c1ccccc1Cl. The number of nitrogens with two attached hydrogens (primary N) is 1. The lowest BCUT2D eigenvalue weighted by atomic mass is 9.95. The van der Waals surface area contributed by atoms with Crippen LogP contribution in [0.4, 0.5) is 0 Å². The molecular formula is C14H12ClNO. The molecule has 0 radical (unpaired) electrons. The number of benzene rings is 2. The van der Waals surface area contributed by atoms with E-state index in [9.17, 15) is 4.79 Å². The number of amides is 1. The molecule has 2 nitrogen and oxygen atoms in total. The van der Waals surface area contributed by atoms with E-state index in [-0.39, 0.29) is 0 Å². The molecule has 0 aliphatic heterocycles. The van der Waals surface area contributed by atoms with Gasteiger partial charge in [0.05, 0.1) is 0 Å². The van der Waals surface area contributed by atoms with Crippen molar-refractivity contribution in [3.63, 3.8) is 0 Å². The summed E-state index contributed by atoms with van der Waals surface area (Å²) in [5, 5.41) is 0.615. The van der Waals surface area contributed by atoms with Gasteiger partial charge in [0.2, 0.25) is 5.91 Å². The monoisotopic (exact) mass is 245 g/mol. The topological polar surface area (TPSA) is 43.1 Å². The second kappa shape index (κ2) is 4.60. The average Bonchev–Trinajstić information content (AvgIpc) is 2.30. The first kappa shape index (κ1) is 11.7. The lowest BCUT2D eigenvalue weighted by molar-refractivity contribution is 0.100. The van der Waals surface area contributed by atoms with Crippen LogP contribution < -0.4 is 5.73 Å². The van der Waals surface area contributed by atoms with E-state index in [0.29, 0.717) is 10.6 Å². The maximum Gasteiger partial charge on any atom is 0.249 e. The van der Waals surface area contributed by atoms with Crippen molar-refractivity contribution in [1.29, 1.82) is 0 Å². The third-order valence-electron chi connectivity index (χ3n) is 2.68. The maximum atomic E-state index is 11.4. The number of carbonyl (C=O) groups excluding carboxylic acids is 1. The Hall–Kier alpha value is -1.80. The number of hydrogen-bond donors (Lipinski definition) is 1. The normalized spacial score (nSPS) is 10.2. The van der Waals surface area contributed by atoms with Crippen molar-refractivity contribution >= 4 is 17.5 Å². The summed E-state index contributed by atoms with van der Waals surface area (Å²) in [4.78, 5) is 11.4. The zero-order valence-corrected chi connectivity index (χ0v) is 10.2. The second-order valence-corrected chi connectivity index (χ2v) is 4.25. The maximum absolute atomic E-state index is 11.4. The van der Waals surface area contributed by atoms with Crippen molar-refractivity contribution in [3.05, 3.63) is 58.6 Å². The molecule has 0 heterocycles. The molecule has 0 aromatic heterocycles. The van der Waals surface area contributed by atoms with E-state index < -0.39 is 5.91 Å². The van der Waals surface area contributed by atoms with Gasteiger partial charge in [-0.05, 0) is 30.2 Å². The Morgan fingerprint density at radius 3 is 2.47 bits per heavy atom. The molecule has 0 aliphatic rings. The van der Waals surface area contributed by atoms with Crippen LogP contribution in [0.15, 0.2) is 42.5 Å². The fraction of sp³-hybridized carbons (Fsp3) is 0.0714. The molecule has 0 aliphatic carbocycles. The van der Waals surface area contributed by atoms with Gasteiger partial charge in [-0.25, -0.2) is 0 Å². The predicted octanol–water partition coefficient (Wildman–Crippen LogP) is 3.41. The molecule has 0 atom stereocenters. The predicted molar refractivity (Wildman–Crippen MR) is 70.1 cm³/mol. The highest BCUT2D eigenvalue weighted by Crippen LogP contribution is 2.32. The smallest absolute Gasteiger partial charge is 0.249 e. The van der Waals surface area contributed by atoms with Crippen molar-refractivity contribution in [2.75, 3.05) is 0 Å². The largest absolute Gasteiger partial charge is 0.366 e. The van der Waals surface area contributed by atoms with Crippen molar-refractivity contribution < 1.29 is 4.79 Å². The van der Waals surface area contributed by atoms with Gasteiger partial charge in [0.15, 0.2) is 0 Å². The van der Waals surface area contributed by atoms with Crippen LogP contribution in [0.2, 0.25) is 5.02 Å². The van der Waals surface area contributed by atoms with Crippen molar-refractivity contribution in [3.8, 4) is 11.1 Å². The van der Waals surface area contributed by atoms with Crippen LogP contribution in [0.5, 0.6) is 0 Å². The number of halogens is 1. The Bertz CT molecular complexity index is 578. The fourth-order valence-corrected chi connectivity index (χ4v) is 2.12. The highest BCUT2D eigenvalue weighted by molar-refractivity contribution is 6.33. The van der Waals surface area contributed by atoms with Crippen molar-refractivity contribution in [2.24, 2.45) is 5.73 Å². The minimum atomic E-state index is -0.441. The summed E-state index contributed by atoms with van der Waals surface area (Å²) < 4.78 is 0. The van der Waals surface area contributed by atoms with E-state index in [4.69, 9.17) is 17.3 Å². The van der Waals surface area contributed by atoms with E-state index in [1.165, 1.54) is 0 Å². The van der Waals surface area contributed by atoms with Crippen LogP contribution in [0.3, 0.4) is 0 Å². The van der Waals surface area contributed by atoms with Gasteiger partial charge in [-0.15, -0.1) is 0 Å². The summed E-state index contributed by atoms with van der Waals surface area (Å²) in [5.74, 6) is -0.441. The van der Waals surface area contributed by atoms with E-state index in [0.717, 1.165) is 16.7 Å². The molecule has 0 bridgehead atoms. The average molecular weight is 246 g/mol. The van der Waals surface area contributed by atoms with Crippen LogP contribution in [-0.4, -0.2) is 5.91 Å². The van der Waals surface area contributed by atoms with Crippen LogP contribution >= 0.6 is 11.6 Å². The van der Waals surface area contributed by atoms with Crippen LogP contribution in [0, 0.1) is 6.92 Å². The molecular weight excluding hydrogens is 234 g/mol. The summed E-state index contributed by atoms with van der Waals surface area (Å²) >= 11 is 6.16. The molecule has 3 heteroatoms. The first-order chi connectivity index (χ1) is 8.11. The van der Waals surface area contributed by atoms with E-state index in [2.05, 4.69) is 0 Å². The highest BCUT2D eigenvalue weighted by Gasteiger charge is 2.14. The number of hydrogen-bond acceptors (Lipinski definition) is 1. The van der Waals surface area contributed by atoms with Gasteiger partial charge in [0, 0.05) is 16.1 Å². The standard InChI is InChI=1S/C14H12ClNO/c1-9-5-4-7-11(14(16)17)13(9)10-6-2-3-8-12(10)15/h2-8H,1H3,(H2,16,17). The molecule has 2 N–H and O–H groups in total. The minimum Gasteiger partial charge on any atom is -0.366 e. The lowest BCUT2D eigenvalue weighted by Gasteiger charge is -2.11. The molecule has 17 heavy (non-hydrogen) atoms. The summed E-state index contributed by atoms with van der Waals surface area (Å²) in [5.41, 5.74) is 8.51. The zero-order valence-electron chi connectivity index (χ0n) is 9.41. The number of rotatable bonds is 2. The quantitative estimate of drug-likeness (QED) is 0.866. The van der Waals surface area contributed by atoms with Gasteiger partial charge in [-0.3, -0.25) is 4.79 Å². The van der Waals surface area contributed by atoms with Gasteiger partial charge < -0.3 is 5.73 Å². The number of primary amides is 1. The lowest BCUT2D eigenvalue weighted by Crippen LogP contribution is -2.13. The van der Waals surface area contributed by atoms with Gasteiger partial charge in [0.25, 0.3) is 0 Å². The first-order valence-electron chi connectivity index (χ1n) is 5.25. The molecule has 2 rings (SSSR count). The molecule has 86 valence electrons. The Morgan fingerprint density at radius 2 is 1.82 bits per heavy atom. The Morgan fingerprint density at radius 1 is 1.12 bits per heavy atom. The summed E-state index contributed by atoms with van der Waals surface area (Å²) in [7, 11) is 0. The first-order valence-corrected chi connectivity index (χ1v) is 5.63. The van der Waals surface area contributed by atoms with E-state index in [1.54, 1.807) is 12.1 Å².